The van der Waals surface area contributed by atoms with Gasteiger partial charge in [0.25, 0.3) is 0 Å². The van der Waals surface area contributed by atoms with Crippen molar-refractivity contribution in [1.29, 1.82) is 0 Å². The summed E-state index contributed by atoms with van der Waals surface area (Å²) in [5, 5.41) is 2.38. The second kappa shape index (κ2) is 5.89. The maximum Gasteiger partial charge on any atom is 0.308 e. The Labute approximate surface area is 89.5 Å². The number of thiocarbonyl (C=S) groups is 1. The third-order valence-electron chi connectivity index (χ3n) is 2.80. The number of hydrogen-bond acceptors (Lipinski definition) is 4. The van der Waals surface area contributed by atoms with Gasteiger partial charge in [0.2, 0.25) is 0 Å². The van der Waals surface area contributed by atoms with Crippen molar-refractivity contribution in [2.45, 2.75) is 25.7 Å². The largest absolute Gasteiger partial charge is 0.469 e. The molecular weight excluding hydrogens is 198 g/mol. The molecule has 0 bridgehead atoms. The molecule has 0 aromatic carbocycles. The molecule has 0 radical (unpaired) electrons. The molecule has 0 spiro atoms. The van der Waals surface area contributed by atoms with E-state index in [0.29, 0.717) is 5.92 Å². The molecular formula is C10H15NO2S. The lowest BCUT2D eigenvalue weighted by Gasteiger charge is -2.25. The number of aliphatic imine (C=N–C) groups is 1. The fourth-order valence-corrected chi connectivity index (χ4v) is 1.99. The van der Waals surface area contributed by atoms with Crippen LogP contribution in [0.25, 0.3) is 0 Å². The number of esters is 1. The van der Waals surface area contributed by atoms with Crippen LogP contribution in [0.3, 0.4) is 0 Å². The molecule has 1 fully saturated rings. The van der Waals surface area contributed by atoms with Gasteiger partial charge in [-0.2, -0.15) is 0 Å². The number of rotatable bonds is 3. The summed E-state index contributed by atoms with van der Waals surface area (Å²) >= 11 is 4.51. The van der Waals surface area contributed by atoms with Crippen molar-refractivity contribution >= 4 is 23.3 Å². The van der Waals surface area contributed by atoms with E-state index in [2.05, 4.69) is 22.4 Å². The summed E-state index contributed by atoms with van der Waals surface area (Å²) in [6, 6.07) is 0. The summed E-state index contributed by atoms with van der Waals surface area (Å²) in [6.07, 6.45) is 3.93. The molecule has 0 heterocycles. The minimum atomic E-state index is -0.0678. The molecule has 0 unspecified atom stereocenters. The Morgan fingerprint density at radius 3 is 2.64 bits per heavy atom. The summed E-state index contributed by atoms with van der Waals surface area (Å²) < 4.78 is 4.71. The minimum absolute atomic E-state index is 0.0678. The molecule has 0 aromatic heterocycles. The van der Waals surface area contributed by atoms with E-state index in [1.807, 2.05) is 0 Å². The van der Waals surface area contributed by atoms with E-state index in [-0.39, 0.29) is 11.9 Å². The standard InChI is InChI=1S/C10H15NO2S/c1-13-10(12)9-4-2-8(3-5-9)6-11-7-14/h8-9H,2-6H2,1H3. The quantitative estimate of drug-likeness (QED) is 0.409. The Hall–Kier alpha value is -0.730. The highest BCUT2D eigenvalue weighted by atomic mass is 32.1. The summed E-state index contributed by atoms with van der Waals surface area (Å²) in [5.74, 6) is 0.612. The lowest BCUT2D eigenvalue weighted by atomic mass is 9.82. The lowest BCUT2D eigenvalue weighted by Crippen LogP contribution is -2.23. The van der Waals surface area contributed by atoms with Crippen LogP contribution in [0, 0.1) is 11.8 Å². The third-order valence-corrected chi connectivity index (χ3v) is 2.92. The Kier molecular flexibility index (Phi) is 4.77. The maximum absolute atomic E-state index is 11.2. The Bertz CT molecular complexity index is 241. The van der Waals surface area contributed by atoms with Crippen LogP contribution in [-0.4, -0.2) is 24.8 Å². The van der Waals surface area contributed by atoms with Gasteiger partial charge in [0, 0.05) is 0 Å². The van der Waals surface area contributed by atoms with Crippen LogP contribution in [0.1, 0.15) is 25.7 Å². The predicted molar refractivity (Wildman–Crippen MR) is 57.4 cm³/mol. The van der Waals surface area contributed by atoms with Crippen molar-refractivity contribution in [3.8, 4) is 0 Å². The number of isothiocyanates is 1. The van der Waals surface area contributed by atoms with Gasteiger partial charge < -0.3 is 4.74 Å². The van der Waals surface area contributed by atoms with Crippen LogP contribution in [-0.2, 0) is 9.53 Å². The number of carbonyl (C=O) groups excluding carboxylic acids is 1. The van der Waals surface area contributed by atoms with Gasteiger partial charge in [0.1, 0.15) is 0 Å². The second-order valence-electron chi connectivity index (χ2n) is 3.67. The molecule has 14 heavy (non-hydrogen) atoms. The van der Waals surface area contributed by atoms with Crippen LogP contribution < -0.4 is 0 Å². The highest BCUT2D eigenvalue weighted by molar-refractivity contribution is 7.78. The van der Waals surface area contributed by atoms with E-state index in [1.54, 1.807) is 0 Å². The van der Waals surface area contributed by atoms with Gasteiger partial charge >= 0.3 is 5.97 Å². The van der Waals surface area contributed by atoms with Gasteiger partial charge in [-0.1, -0.05) is 0 Å². The number of hydrogen-bond donors (Lipinski definition) is 0. The predicted octanol–water partition coefficient (Wildman–Crippen LogP) is 2.07. The summed E-state index contributed by atoms with van der Waals surface area (Å²) in [7, 11) is 1.45. The molecule has 0 aliphatic heterocycles. The van der Waals surface area contributed by atoms with Crippen LogP contribution in [0.4, 0.5) is 0 Å². The maximum atomic E-state index is 11.2. The van der Waals surface area contributed by atoms with E-state index in [0.717, 1.165) is 32.2 Å². The van der Waals surface area contributed by atoms with E-state index in [4.69, 9.17) is 4.74 Å². The van der Waals surface area contributed by atoms with Crippen molar-refractivity contribution in [1.82, 2.24) is 0 Å². The first-order valence-corrected chi connectivity index (χ1v) is 5.30. The molecule has 0 aromatic rings. The molecule has 3 nitrogen and oxygen atoms in total. The van der Waals surface area contributed by atoms with E-state index >= 15 is 0 Å². The van der Waals surface area contributed by atoms with Gasteiger partial charge in [-0.15, -0.1) is 0 Å². The van der Waals surface area contributed by atoms with Crippen molar-refractivity contribution < 1.29 is 9.53 Å². The normalized spacial score (nSPS) is 26.4. The van der Waals surface area contributed by atoms with Crippen molar-refractivity contribution in [3.05, 3.63) is 0 Å². The Morgan fingerprint density at radius 1 is 1.50 bits per heavy atom. The molecule has 1 aliphatic rings. The first kappa shape index (κ1) is 11.3. The monoisotopic (exact) mass is 213 g/mol. The third kappa shape index (κ3) is 3.20. The molecule has 0 N–H and O–H groups in total. The number of carbonyl (C=O) groups is 1. The van der Waals surface area contributed by atoms with Gasteiger partial charge in [-0.05, 0) is 43.8 Å². The molecule has 0 saturated heterocycles. The van der Waals surface area contributed by atoms with E-state index < -0.39 is 0 Å². The van der Waals surface area contributed by atoms with E-state index in [9.17, 15) is 4.79 Å². The Morgan fingerprint density at radius 2 is 2.14 bits per heavy atom. The molecule has 0 atom stereocenters. The first-order valence-electron chi connectivity index (χ1n) is 4.89. The topological polar surface area (TPSA) is 38.7 Å². The lowest BCUT2D eigenvalue weighted by molar-refractivity contribution is -0.146. The van der Waals surface area contributed by atoms with Gasteiger partial charge in [0.05, 0.1) is 24.7 Å². The molecule has 78 valence electrons. The fourth-order valence-electron chi connectivity index (χ4n) is 1.91. The smallest absolute Gasteiger partial charge is 0.308 e. The SMILES string of the molecule is COC(=O)C1CCC(CN=C=S)CC1. The van der Waals surface area contributed by atoms with Crippen LogP contribution >= 0.6 is 12.2 Å². The van der Waals surface area contributed by atoms with Crippen molar-refractivity contribution in [2.24, 2.45) is 16.8 Å². The zero-order chi connectivity index (χ0) is 10.4. The minimum Gasteiger partial charge on any atom is -0.469 e. The van der Waals surface area contributed by atoms with Gasteiger partial charge in [-0.3, -0.25) is 4.79 Å². The molecule has 1 aliphatic carbocycles. The fraction of sp³-hybridized carbons (Fsp3) is 0.800. The highest BCUT2D eigenvalue weighted by Gasteiger charge is 2.26. The number of ether oxygens (including phenoxy) is 1. The summed E-state index contributed by atoms with van der Waals surface area (Å²) in [5.41, 5.74) is 0. The number of nitrogens with zero attached hydrogens (tertiary/aromatic N) is 1. The van der Waals surface area contributed by atoms with Crippen molar-refractivity contribution in [3.63, 3.8) is 0 Å². The summed E-state index contributed by atoms with van der Waals surface area (Å²) in [6.45, 7) is 0.761. The average molecular weight is 213 g/mol. The number of methoxy groups -OCH3 is 1. The average Bonchev–Trinajstić information content (AvgIpc) is 2.26. The Balaban J connectivity index is 2.30. The van der Waals surface area contributed by atoms with Gasteiger partial charge in [-0.25, -0.2) is 4.99 Å². The zero-order valence-corrected chi connectivity index (χ0v) is 9.18. The van der Waals surface area contributed by atoms with Crippen LogP contribution in [0.5, 0.6) is 0 Å². The molecule has 4 heteroatoms. The molecule has 1 rings (SSSR count). The highest BCUT2D eigenvalue weighted by Crippen LogP contribution is 2.29. The molecule has 0 amide bonds. The van der Waals surface area contributed by atoms with Crippen LogP contribution in [0.15, 0.2) is 4.99 Å². The summed E-state index contributed by atoms with van der Waals surface area (Å²) in [4.78, 5) is 15.1. The second-order valence-corrected chi connectivity index (χ2v) is 3.86. The van der Waals surface area contributed by atoms with Crippen LogP contribution in [0.2, 0.25) is 0 Å². The first-order chi connectivity index (χ1) is 6.77. The molecule has 1 saturated carbocycles. The van der Waals surface area contributed by atoms with Gasteiger partial charge in [0.15, 0.2) is 0 Å². The zero-order valence-electron chi connectivity index (χ0n) is 8.36. The van der Waals surface area contributed by atoms with Crippen molar-refractivity contribution in [2.75, 3.05) is 13.7 Å². The van der Waals surface area contributed by atoms with E-state index in [1.165, 1.54) is 7.11 Å².